The summed E-state index contributed by atoms with van der Waals surface area (Å²) in [4.78, 5) is 22.3. The van der Waals surface area contributed by atoms with Crippen molar-refractivity contribution in [1.82, 2.24) is 5.32 Å². The molecule has 0 heterocycles. The topological polar surface area (TPSA) is 92.5 Å². The summed E-state index contributed by atoms with van der Waals surface area (Å²) in [6, 6.07) is 10.7. The number of amides is 1. The van der Waals surface area contributed by atoms with Crippen molar-refractivity contribution in [2.45, 2.75) is 6.54 Å². The van der Waals surface area contributed by atoms with Gasteiger partial charge in [0.05, 0.1) is 4.92 Å². The van der Waals surface area contributed by atoms with Gasteiger partial charge in [0.2, 0.25) is 0 Å². The van der Waals surface area contributed by atoms with Gasteiger partial charge < -0.3 is 10.4 Å². The summed E-state index contributed by atoms with van der Waals surface area (Å²) in [7, 11) is 0. The Morgan fingerprint density at radius 2 is 2.05 bits per heavy atom. The molecule has 0 aliphatic carbocycles. The molecule has 0 fully saturated rings. The van der Waals surface area contributed by atoms with Gasteiger partial charge in [0, 0.05) is 17.1 Å². The Bertz CT molecular complexity index is 703. The first-order valence-corrected chi connectivity index (χ1v) is 6.76. The van der Waals surface area contributed by atoms with Crippen LogP contribution in [0.25, 0.3) is 0 Å². The van der Waals surface area contributed by atoms with E-state index in [1.165, 1.54) is 6.07 Å². The second kappa shape index (κ2) is 6.36. The molecule has 1 amide bonds. The number of phenols is 1. The number of carbonyl (C=O) groups excluding carboxylic acids is 1. The minimum atomic E-state index is -0.659. The highest BCUT2D eigenvalue weighted by atomic mass is 79.9. The molecule has 2 aromatic rings. The van der Waals surface area contributed by atoms with Crippen LogP contribution >= 0.6 is 15.9 Å². The van der Waals surface area contributed by atoms with Crippen LogP contribution in [0.1, 0.15) is 15.9 Å². The van der Waals surface area contributed by atoms with Gasteiger partial charge in [0.25, 0.3) is 11.6 Å². The number of nitrogens with one attached hydrogen (secondary N) is 1. The van der Waals surface area contributed by atoms with E-state index >= 15 is 0 Å². The monoisotopic (exact) mass is 350 g/mol. The van der Waals surface area contributed by atoms with Crippen molar-refractivity contribution < 1.29 is 14.8 Å². The van der Waals surface area contributed by atoms with Crippen LogP contribution in [0.4, 0.5) is 5.69 Å². The minimum Gasteiger partial charge on any atom is -0.508 e. The SMILES string of the molecule is O=C(NCc1cccc(Br)c1)c1cc(O)ccc1[N+](=O)[O-]. The van der Waals surface area contributed by atoms with Crippen LogP contribution in [0.3, 0.4) is 0 Å². The molecule has 0 saturated heterocycles. The summed E-state index contributed by atoms with van der Waals surface area (Å²) in [6.45, 7) is 0.227. The molecule has 21 heavy (non-hydrogen) atoms. The molecular formula is C14H11BrN2O4. The van der Waals surface area contributed by atoms with Gasteiger partial charge in [-0.1, -0.05) is 28.1 Å². The van der Waals surface area contributed by atoms with E-state index in [2.05, 4.69) is 21.2 Å². The number of nitro groups is 1. The van der Waals surface area contributed by atoms with Gasteiger partial charge in [0.15, 0.2) is 0 Å². The lowest BCUT2D eigenvalue weighted by Gasteiger charge is -2.07. The van der Waals surface area contributed by atoms with Crippen molar-refractivity contribution in [2.24, 2.45) is 0 Å². The van der Waals surface area contributed by atoms with Crippen molar-refractivity contribution in [3.63, 3.8) is 0 Å². The number of carbonyl (C=O) groups is 1. The fourth-order valence-electron chi connectivity index (χ4n) is 1.79. The number of rotatable bonds is 4. The van der Waals surface area contributed by atoms with Crippen LogP contribution in [-0.2, 0) is 6.54 Å². The van der Waals surface area contributed by atoms with E-state index in [9.17, 15) is 20.0 Å². The van der Waals surface area contributed by atoms with Crippen molar-refractivity contribution in [3.8, 4) is 5.75 Å². The smallest absolute Gasteiger partial charge is 0.282 e. The quantitative estimate of drug-likeness (QED) is 0.654. The summed E-state index contributed by atoms with van der Waals surface area (Å²) in [6.07, 6.45) is 0. The standard InChI is InChI=1S/C14H11BrN2O4/c15-10-3-1-2-9(6-10)8-16-14(19)12-7-11(18)4-5-13(12)17(20)21/h1-7,18H,8H2,(H,16,19). The van der Waals surface area contributed by atoms with E-state index in [1.54, 1.807) is 0 Å². The maximum Gasteiger partial charge on any atom is 0.282 e. The Labute approximate surface area is 128 Å². The lowest BCUT2D eigenvalue weighted by Crippen LogP contribution is -2.23. The van der Waals surface area contributed by atoms with E-state index in [-0.39, 0.29) is 23.5 Å². The molecule has 0 bridgehead atoms. The van der Waals surface area contributed by atoms with Gasteiger partial charge in [-0.25, -0.2) is 0 Å². The number of nitrogens with zero attached hydrogens (tertiary/aromatic N) is 1. The van der Waals surface area contributed by atoms with E-state index in [0.29, 0.717) is 0 Å². The maximum atomic E-state index is 12.0. The fourth-order valence-corrected chi connectivity index (χ4v) is 2.24. The third kappa shape index (κ3) is 3.79. The molecule has 6 nitrogen and oxygen atoms in total. The highest BCUT2D eigenvalue weighted by molar-refractivity contribution is 9.10. The molecule has 0 unspecified atom stereocenters. The molecule has 0 saturated carbocycles. The number of aromatic hydroxyl groups is 1. The van der Waals surface area contributed by atoms with Gasteiger partial charge in [-0.2, -0.15) is 0 Å². The molecule has 0 aliphatic heterocycles. The summed E-state index contributed by atoms with van der Waals surface area (Å²) >= 11 is 3.32. The van der Waals surface area contributed by atoms with Gasteiger partial charge in [-0.3, -0.25) is 14.9 Å². The lowest BCUT2D eigenvalue weighted by atomic mass is 10.1. The van der Waals surface area contributed by atoms with Crippen molar-refractivity contribution >= 4 is 27.5 Å². The van der Waals surface area contributed by atoms with Crippen LogP contribution in [0.15, 0.2) is 46.9 Å². The molecular weight excluding hydrogens is 340 g/mol. The molecule has 108 valence electrons. The average molecular weight is 351 g/mol. The van der Waals surface area contributed by atoms with Crippen LogP contribution in [-0.4, -0.2) is 15.9 Å². The third-order valence-corrected chi connectivity index (χ3v) is 3.26. The highest BCUT2D eigenvalue weighted by Crippen LogP contribution is 2.23. The van der Waals surface area contributed by atoms with Crippen molar-refractivity contribution in [1.29, 1.82) is 0 Å². The predicted molar refractivity (Wildman–Crippen MR) is 80.1 cm³/mol. The number of phenolic OH excluding ortho intramolecular Hbond substituents is 1. The molecule has 0 spiro atoms. The Morgan fingerprint density at radius 1 is 1.29 bits per heavy atom. The Kier molecular flexibility index (Phi) is 4.54. The molecule has 7 heteroatoms. The molecule has 2 aromatic carbocycles. The number of hydrogen-bond donors (Lipinski definition) is 2. The zero-order chi connectivity index (χ0) is 15.4. The first kappa shape index (κ1) is 15.0. The highest BCUT2D eigenvalue weighted by Gasteiger charge is 2.20. The van der Waals surface area contributed by atoms with E-state index in [1.807, 2.05) is 24.3 Å². The van der Waals surface area contributed by atoms with Gasteiger partial charge >= 0.3 is 0 Å². The molecule has 0 atom stereocenters. The lowest BCUT2D eigenvalue weighted by molar-refractivity contribution is -0.385. The average Bonchev–Trinajstić information content (AvgIpc) is 2.44. The minimum absolute atomic E-state index is 0.171. The normalized spacial score (nSPS) is 10.1. The summed E-state index contributed by atoms with van der Waals surface area (Å²) < 4.78 is 0.873. The van der Waals surface area contributed by atoms with Crippen LogP contribution in [0.2, 0.25) is 0 Å². The van der Waals surface area contributed by atoms with Gasteiger partial charge in [-0.05, 0) is 29.8 Å². The zero-order valence-corrected chi connectivity index (χ0v) is 12.3. The molecule has 2 N–H and O–H groups in total. The largest absolute Gasteiger partial charge is 0.508 e. The molecule has 0 aromatic heterocycles. The summed E-state index contributed by atoms with van der Waals surface area (Å²) in [5.74, 6) is -0.814. The second-order valence-electron chi connectivity index (χ2n) is 4.27. The molecule has 0 radical (unpaired) electrons. The van der Waals surface area contributed by atoms with Crippen molar-refractivity contribution in [2.75, 3.05) is 0 Å². The van der Waals surface area contributed by atoms with Crippen molar-refractivity contribution in [3.05, 3.63) is 68.2 Å². The van der Waals surface area contributed by atoms with Gasteiger partial charge in [0.1, 0.15) is 11.3 Å². The molecule has 2 rings (SSSR count). The number of benzene rings is 2. The first-order valence-electron chi connectivity index (χ1n) is 5.97. The van der Waals surface area contributed by atoms with E-state index < -0.39 is 10.8 Å². The van der Waals surface area contributed by atoms with Gasteiger partial charge in [-0.15, -0.1) is 0 Å². The summed E-state index contributed by atoms with van der Waals surface area (Å²) in [5, 5.41) is 22.9. The second-order valence-corrected chi connectivity index (χ2v) is 5.19. The van der Waals surface area contributed by atoms with E-state index in [0.717, 1.165) is 22.2 Å². The number of nitro benzene ring substituents is 1. The first-order chi connectivity index (χ1) is 9.97. The summed E-state index contributed by atoms with van der Waals surface area (Å²) in [5.41, 5.74) is 0.329. The Morgan fingerprint density at radius 3 is 2.71 bits per heavy atom. The predicted octanol–water partition coefficient (Wildman–Crippen LogP) is 2.99. The number of hydrogen-bond acceptors (Lipinski definition) is 4. The molecule has 0 aliphatic rings. The van der Waals surface area contributed by atoms with Crippen LogP contribution in [0.5, 0.6) is 5.75 Å². The van der Waals surface area contributed by atoms with Crippen LogP contribution < -0.4 is 5.32 Å². The van der Waals surface area contributed by atoms with E-state index in [4.69, 9.17) is 0 Å². The Balaban J connectivity index is 2.17. The third-order valence-electron chi connectivity index (χ3n) is 2.76. The zero-order valence-electron chi connectivity index (χ0n) is 10.7. The Hall–Kier alpha value is -2.41. The number of halogens is 1. The maximum absolute atomic E-state index is 12.0. The van der Waals surface area contributed by atoms with Crippen LogP contribution in [0, 0.1) is 10.1 Å². The fraction of sp³-hybridized carbons (Fsp3) is 0.0714.